The summed E-state index contributed by atoms with van der Waals surface area (Å²) in [6, 6.07) is 8.40. The summed E-state index contributed by atoms with van der Waals surface area (Å²) in [5, 5.41) is 17.0. The molecule has 1 saturated carbocycles. The van der Waals surface area contributed by atoms with Gasteiger partial charge in [-0.15, -0.1) is 8.78 Å². The summed E-state index contributed by atoms with van der Waals surface area (Å²) in [6.07, 6.45) is 5.56. The molecular formula is C25H24ClF2N5O4. The second-order valence-corrected chi connectivity index (χ2v) is 9.51. The van der Waals surface area contributed by atoms with Crippen molar-refractivity contribution < 1.29 is 28.2 Å². The van der Waals surface area contributed by atoms with E-state index in [9.17, 15) is 23.5 Å². The molecule has 1 unspecified atom stereocenters. The first-order valence-electron chi connectivity index (χ1n) is 11.8. The van der Waals surface area contributed by atoms with Gasteiger partial charge in [0.1, 0.15) is 17.6 Å². The number of nitrogens with one attached hydrogen (secondary N) is 1. The Morgan fingerprint density at radius 3 is 2.62 bits per heavy atom. The molecule has 1 amide bonds. The van der Waals surface area contributed by atoms with Crippen LogP contribution in [0.3, 0.4) is 0 Å². The number of carbonyl (C=O) groups is 2. The fraction of sp³-hybridized carbons (Fsp3) is 0.360. The van der Waals surface area contributed by atoms with Crippen molar-refractivity contribution >= 4 is 34.8 Å². The van der Waals surface area contributed by atoms with E-state index in [0.717, 1.165) is 12.8 Å². The maximum atomic E-state index is 13.1. The number of rotatable bonds is 7. The lowest BCUT2D eigenvalue weighted by Gasteiger charge is -2.38. The van der Waals surface area contributed by atoms with Gasteiger partial charge in [-0.2, -0.15) is 5.10 Å². The number of hydrogen-bond acceptors (Lipinski definition) is 7. The van der Waals surface area contributed by atoms with Crippen molar-refractivity contribution in [3.05, 3.63) is 54.4 Å². The number of Topliss-reactive ketones (excluding diaryl/α,β-unsaturated/α-hetero) is 1. The van der Waals surface area contributed by atoms with Gasteiger partial charge >= 0.3 is 5.57 Å². The summed E-state index contributed by atoms with van der Waals surface area (Å²) in [6.45, 7) is 0.801. The van der Waals surface area contributed by atoms with Crippen LogP contribution in [0.5, 0.6) is 5.75 Å². The Kier molecular flexibility index (Phi) is 6.82. The summed E-state index contributed by atoms with van der Waals surface area (Å²) in [5.74, 6) is 0.0716. The van der Waals surface area contributed by atoms with E-state index in [-0.39, 0.29) is 23.1 Å². The highest BCUT2D eigenvalue weighted by Gasteiger charge is 2.32. The zero-order valence-corrected chi connectivity index (χ0v) is 20.4. The van der Waals surface area contributed by atoms with Crippen LogP contribution in [-0.2, 0) is 4.79 Å². The van der Waals surface area contributed by atoms with E-state index >= 15 is 0 Å². The van der Waals surface area contributed by atoms with E-state index in [1.807, 2.05) is 4.90 Å². The summed E-state index contributed by atoms with van der Waals surface area (Å²) >= 11 is 4.78. The van der Waals surface area contributed by atoms with Crippen LogP contribution in [0.1, 0.15) is 42.1 Å². The number of carbonyl (C=O) groups excluding carboxylic acids is 2. The number of ether oxygens (including phenoxy) is 1. The van der Waals surface area contributed by atoms with E-state index in [1.54, 1.807) is 23.0 Å². The third-order valence-corrected chi connectivity index (χ3v) is 6.48. The van der Waals surface area contributed by atoms with Crippen molar-refractivity contribution in [3.8, 4) is 17.0 Å². The van der Waals surface area contributed by atoms with E-state index in [4.69, 9.17) is 11.6 Å². The SMILES string of the molecule is O=C(Nc1ccc(OC(F)(F)Cl)cc1)c1cnc(N2CC(O)C2)c(-c2ccnn2C2CCCCC2=O)c1. The Hall–Kier alpha value is -3.57. The van der Waals surface area contributed by atoms with Crippen LogP contribution in [-0.4, -0.2) is 56.3 Å². The highest BCUT2D eigenvalue weighted by atomic mass is 35.5. The molecule has 0 spiro atoms. The second kappa shape index (κ2) is 10.1. The van der Waals surface area contributed by atoms with E-state index in [1.165, 1.54) is 30.5 Å². The Balaban J connectivity index is 1.43. The normalized spacial score (nSPS) is 18.4. The molecule has 1 atom stereocenters. The van der Waals surface area contributed by atoms with Crippen molar-refractivity contribution in [1.82, 2.24) is 14.8 Å². The van der Waals surface area contributed by atoms with Crippen LogP contribution in [0.15, 0.2) is 48.8 Å². The summed E-state index contributed by atoms with van der Waals surface area (Å²) in [7, 11) is 0. The maximum Gasteiger partial charge on any atom is 0.487 e. The lowest BCUT2D eigenvalue weighted by Crippen LogP contribution is -2.51. The Morgan fingerprint density at radius 2 is 1.95 bits per heavy atom. The summed E-state index contributed by atoms with van der Waals surface area (Å²) in [4.78, 5) is 32.1. The molecule has 0 radical (unpaired) electrons. The van der Waals surface area contributed by atoms with Gasteiger partial charge in [0.2, 0.25) is 0 Å². The number of amides is 1. The van der Waals surface area contributed by atoms with Crippen molar-refractivity contribution in [1.29, 1.82) is 0 Å². The van der Waals surface area contributed by atoms with Gasteiger partial charge in [0.15, 0.2) is 5.78 Å². The Bertz CT molecular complexity index is 1310. The number of nitrogens with zero attached hydrogens (tertiary/aromatic N) is 4. The predicted molar refractivity (Wildman–Crippen MR) is 132 cm³/mol. The molecule has 5 rings (SSSR count). The summed E-state index contributed by atoms with van der Waals surface area (Å²) in [5.41, 5.74) is -1.97. The van der Waals surface area contributed by atoms with E-state index in [2.05, 4.69) is 20.1 Å². The van der Waals surface area contributed by atoms with Gasteiger partial charge < -0.3 is 20.1 Å². The number of aromatic nitrogens is 3. The molecule has 37 heavy (non-hydrogen) atoms. The highest BCUT2D eigenvalue weighted by Crippen LogP contribution is 2.36. The number of aliphatic hydroxyl groups is 1. The average molecular weight is 532 g/mol. The van der Waals surface area contributed by atoms with Crippen LogP contribution in [0, 0.1) is 0 Å². The minimum absolute atomic E-state index is 0.123. The topological polar surface area (TPSA) is 110 Å². The standard InChI is InChI=1S/C25H24ClF2N5O4/c26-25(27,28)37-18-7-5-16(6-8-18)31-24(36)15-11-19(23(29-12-15)32-13-17(34)14-32)20-9-10-30-33(20)21-3-1-2-4-22(21)35/h5-12,17,21,34H,1-4,13-14H2,(H,31,36). The molecule has 3 heterocycles. The van der Waals surface area contributed by atoms with Gasteiger partial charge in [0.05, 0.1) is 17.4 Å². The van der Waals surface area contributed by atoms with Crippen LogP contribution >= 0.6 is 11.6 Å². The molecule has 3 aromatic rings. The number of hydrogen-bond donors (Lipinski definition) is 2. The molecule has 0 bridgehead atoms. The molecule has 9 nitrogen and oxygen atoms in total. The van der Waals surface area contributed by atoms with Gasteiger partial charge in [-0.3, -0.25) is 14.3 Å². The van der Waals surface area contributed by atoms with Crippen LogP contribution in [0.4, 0.5) is 20.3 Å². The van der Waals surface area contributed by atoms with Gasteiger partial charge in [-0.25, -0.2) is 4.98 Å². The summed E-state index contributed by atoms with van der Waals surface area (Å²) < 4.78 is 31.6. The van der Waals surface area contributed by atoms with Crippen molar-refractivity contribution in [2.75, 3.05) is 23.3 Å². The number of ketones is 1. The van der Waals surface area contributed by atoms with E-state index in [0.29, 0.717) is 48.7 Å². The number of anilines is 2. The monoisotopic (exact) mass is 531 g/mol. The molecule has 1 aromatic carbocycles. The molecule has 2 N–H and O–H groups in total. The van der Waals surface area contributed by atoms with Gasteiger partial charge in [0.25, 0.3) is 5.91 Å². The third kappa shape index (κ3) is 5.57. The number of aliphatic hydroxyl groups excluding tert-OH is 1. The number of pyridine rings is 1. The number of benzene rings is 1. The number of β-amino-alcohol motifs (C(OH)–C–C–N with tert-alkyl or cyclic N) is 1. The van der Waals surface area contributed by atoms with Crippen molar-refractivity contribution in [2.45, 2.75) is 43.4 Å². The van der Waals surface area contributed by atoms with Crippen LogP contribution < -0.4 is 15.0 Å². The molecule has 2 aliphatic rings. The highest BCUT2D eigenvalue weighted by molar-refractivity contribution is 6.20. The number of alkyl halides is 3. The molecule has 1 saturated heterocycles. The first kappa shape index (κ1) is 25.1. The second-order valence-electron chi connectivity index (χ2n) is 9.07. The Morgan fingerprint density at radius 1 is 1.19 bits per heavy atom. The largest absolute Gasteiger partial charge is 0.487 e. The minimum atomic E-state index is -3.84. The lowest BCUT2D eigenvalue weighted by atomic mass is 9.93. The zero-order chi connectivity index (χ0) is 26.2. The van der Waals surface area contributed by atoms with E-state index < -0.39 is 17.6 Å². The maximum absolute atomic E-state index is 13.1. The van der Waals surface area contributed by atoms with Crippen molar-refractivity contribution in [2.24, 2.45) is 0 Å². The smallest absolute Gasteiger partial charge is 0.420 e. The fourth-order valence-electron chi connectivity index (χ4n) is 4.59. The molecule has 12 heteroatoms. The molecule has 1 aliphatic heterocycles. The van der Waals surface area contributed by atoms with Crippen LogP contribution in [0.2, 0.25) is 0 Å². The first-order chi connectivity index (χ1) is 17.7. The molecule has 194 valence electrons. The third-order valence-electron chi connectivity index (χ3n) is 6.40. The average Bonchev–Trinajstić information content (AvgIpc) is 3.32. The molecular weight excluding hydrogens is 508 g/mol. The predicted octanol–water partition coefficient (Wildman–Crippen LogP) is 4.23. The van der Waals surface area contributed by atoms with Gasteiger partial charge in [-0.05, 0) is 49.2 Å². The first-order valence-corrected chi connectivity index (χ1v) is 12.2. The fourth-order valence-corrected chi connectivity index (χ4v) is 4.68. The van der Waals surface area contributed by atoms with Gasteiger partial charge in [-0.1, -0.05) is 6.42 Å². The molecule has 1 aliphatic carbocycles. The van der Waals surface area contributed by atoms with Crippen LogP contribution in [0.25, 0.3) is 11.3 Å². The lowest BCUT2D eigenvalue weighted by molar-refractivity contribution is -0.124. The Labute approximate surface area is 216 Å². The van der Waals surface area contributed by atoms with Crippen molar-refractivity contribution in [3.63, 3.8) is 0 Å². The zero-order valence-electron chi connectivity index (χ0n) is 19.6. The minimum Gasteiger partial charge on any atom is -0.420 e. The quantitative estimate of drug-likeness (QED) is 0.439. The molecule has 2 aromatic heterocycles. The van der Waals surface area contributed by atoms with Gasteiger partial charge in [0, 0.05) is 54.8 Å². The molecule has 2 fully saturated rings. The number of halogens is 3.